The van der Waals surface area contributed by atoms with Crippen molar-refractivity contribution in [3.8, 4) is 0 Å². The minimum Gasteiger partial charge on any atom is -0.393 e. The van der Waals surface area contributed by atoms with E-state index in [1.807, 2.05) is 0 Å². The molecule has 0 bridgehead atoms. The molecule has 1 rings (SSSR count). The van der Waals surface area contributed by atoms with Gasteiger partial charge in [0.2, 0.25) is 0 Å². The van der Waals surface area contributed by atoms with E-state index in [0.29, 0.717) is 19.4 Å². The van der Waals surface area contributed by atoms with Crippen molar-refractivity contribution in [2.75, 3.05) is 13.7 Å². The van der Waals surface area contributed by atoms with Gasteiger partial charge in [0.25, 0.3) is 0 Å². The lowest BCUT2D eigenvalue weighted by atomic mass is 10.1. The number of ether oxygens (including phenoxy) is 2. The highest BCUT2D eigenvalue weighted by molar-refractivity contribution is 4.71. The first-order valence-corrected chi connectivity index (χ1v) is 3.73. The molecular formula is C7H14O4. The normalized spacial score (nSPS) is 39.0. The number of hydrogen-bond donors (Lipinski definition) is 2. The van der Waals surface area contributed by atoms with Crippen LogP contribution in [0.3, 0.4) is 0 Å². The molecule has 0 aliphatic carbocycles. The van der Waals surface area contributed by atoms with Crippen LogP contribution in [0, 0.1) is 0 Å². The lowest BCUT2D eigenvalue weighted by Gasteiger charge is -2.29. The third-order valence-corrected chi connectivity index (χ3v) is 1.71. The Morgan fingerprint density at radius 3 is 2.73 bits per heavy atom. The highest BCUT2D eigenvalue weighted by atomic mass is 16.6. The maximum Gasteiger partial charge on any atom is 0.157 e. The first kappa shape index (κ1) is 8.93. The lowest BCUT2D eigenvalue weighted by molar-refractivity contribution is -0.199. The van der Waals surface area contributed by atoms with Crippen molar-refractivity contribution in [2.24, 2.45) is 0 Å². The zero-order valence-corrected chi connectivity index (χ0v) is 6.56. The Hall–Kier alpha value is -0.160. The van der Waals surface area contributed by atoms with Gasteiger partial charge in [-0.2, -0.15) is 0 Å². The molecule has 3 unspecified atom stereocenters. The van der Waals surface area contributed by atoms with E-state index in [4.69, 9.17) is 14.6 Å². The topological polar surface area (TPSA) is 58.9 Å². The molecule has 2 N–H and O–H groups in total. The van der Waals surface area contributed by atoms with Gasteiger partial charge in [-0.15, -0.1) is 0 Å². The molecule has 11 heavy (non-hydrogen) atoms. The summed E-state index contributed by atoms with van der Waals surface area (Å²) in [6.45, 7) is 0.425. The molecule has 1 aliphatic rings. The minimum atomic E-state index is -0.834. The second-order valence-electron chi connectivity index (χ2n) is 2.79. The van der Waals surface area contributed by atoms with Crippen molar-refractivity contribution in [2.45, 2.75) is 31.3 Å². The first-order chi connectivity index (χ1) is 5.22. The maximum atomic E-state index is 9.18. The number of hydrogen-bond acceptors (Lipinski definition) is 4. The monoisotopic (exact) mass is 162 g/mol. The van der Waals surface area contributed by atoms with Gasteiger partial charge in [-0.05, 0) is 0 Å². The Bertz CT molecular complexity index is 107. The number of aliphatic hydroxyl groups excluding tert-OH is 2. The van der Waals surface area contributed by atoms with Gasteiger partial charge < -0.3 is 19.7 Å². The Balaban J connectivity index is 2.30. The zero-order chi connectivity index (χ0) is 8.27. The summed E-state index contributed by atoms with van der Waals surface area (Å²) in [5.41, 5.74) is 0. The van der Waals surface area contributed by atoms with Crippen LogP contribution in [-0.2, 0) is 9.47 Å². The maximum absolute atomic E-state index is 9.18. The lowest BCUT2D eigenvalue weighted by Crippen LogP contribution is -2.37. The molecule has 0 aromatic heterocycles. The standard InChI is InChI=1S/C7H14O4/c1-10-4-6-2-5(8)3-7(9)11-6/h5-9H,2-4H2,1H3. The fourth-order valence-corrected chi connectivity index (χ4v) is 1.26. The van der Waals surface area contributed by atoms with Gasteiger partial charge in [0.1, 0.15) is 0 Å². The van der Waals surface area contributed by atoms with Gasteiger partial charge >= 0.3 is 0 Å². The predicted molar refractivity (Wildman–Crippen MR) is 38.0 cm³/mol. The fourth-order valence-electron chi connectivity index (χ4n) is 1.26. The van der Waals surface area contributed by atoms with Crippen molar-refractivity contribution >= 4 is 0 Å². The number of aliphatic hydroxyl groups is 2. The molecule has 66 valence electrons. The van der Waals surface area contributed by atoms with Crippen LogP contribution in [0.15, 0.2) is 0 Å². The van der Waals surface area contributed by atoms with E-state index in [9.17, 15) is 5.11 Å². The highest BCUT2D eigenvalue weighted by Crippen LogP contribution is 2.17. The molecule has 1 aliphatic heterocycles. The van der Waals surface area contributed by atoms with E-state index in [2.05, 4.69) is 0 Å². The van der Waals surface area contributed by atoms with E-state index in [1.165, 1.54) is 0 Å². The predicted octanol–water partition coefficient (Wildman–Crippen LogP) is -0.509. The van der Waals surface area contributed by atoms with Gasteiger partial charge in [0, 0.05) is 20.0 Å². The molecule has 1 fully saturated rings. The van der Waals surface area contributed by atoms with Crippen molar-refractivity contribution in [1.29, 1.82) is 0 Å². The van der Waals surface area contributed by atoms with Crippen LogP contribution < -0.4 is 0 Å². The van der Waals surface area contributed by atoms with E-state index in [0.717, 1.165) is 0 Å². The molecule has 0 aromatic rings. The zero-order valence-electron chi connectivity index (χ0n) is 6.56. The van der Waals surface area contributed by atoms with Crippen LogP contribution in [0.25, 0.3) is 0 Å². The molecule has 1 saturated heterocycles. The second kappa shape index (κ2) is 4.01. The van der Waals surface area contributed by atoms with Crippen molar-refractivity contribution in [1.82, 2.24) is 0 Å². The van der Waals surface area contributed by atoms with Crippen LogP contribution in [0.5, 0.6) is 0 Å². The van der Waals surface area contributed by atoms with Gasteiger partial charge in [0.05, 0.1) is 18.8 Å². The molecule has 0 amide bonds. The number of rotatable bonds is 2. The molecule has 0 radical (unpaired) electrons. The largest absolute Gasteiger partial charge is 0.393 e. The first-order valence-electron chi connectivity index (χ1n) is 3.73. The van der Waals surface area contributed by atoms with Gasteiger partial charge in [-0.3, -0.25) is 0 Å². The molecule has 4 nitrogen and oxygen atoms in total. The third kappa shape index (κ3) is 2.75. The molecule has 0 saturated carbocycles. The molecule has 4 heteroatoms. The summed E-state index contributed by atoms with van der Waals surface area (Å²) < 4.78 is 9.90. The van der Waals surface area contributed by atoms with Crippen LogP contribution in [0.2, 0.25) is 0 Å². The Labute approximate surface area is 65.7 Å². The molecule has 0 spiro atoms. The summed E-state index contributed by atoms with van der Waals surface area (Å²) in [6, 6.07) is 0. The Kier molecular flexibility index (Phi) is 3.26. The SMILES string of the molecule is COCC1CC(O)CC(O)O1. The highest BCUT2D eigenvalue weighted by Gasteiger charge is 2.26. The van der Waals surface area contributed by atoms with Gasteiger partial charge in [0.15, 0.2) is 6.29 Å². The van der Waals surface area contributed by atoms with Crippen LogP contribution >= 0.6 is 0 Å². The summed E-state index contributed by atoms with van der Waals surface area (Å²) in [6.07, 6.45) is -0.609. The summed E-state index contributed by atoms with van der Waals surface area (Å²) >= 11 is 0. The van der Waals surface area contributed by atoms with Gasteiger partial charge in [-0.25, -0.2) is 0 Å². The van der Waals surface area contributed by atoms with E-state index in [-0.39, 0.29) is 6.10 Å². The van der Waals surface area contributed by atoms with Crippen molar-refractivity contribution in [3.05, 3.63) is 0 Å². The van der Waals surface area contributed by atoms with Crippen LogP contribution in [-0.4, -0.2) is 42.4 Å². The molecule has 3 atom stereocenters. The van der Waals surface area contributed by atoms with E-state index < -0.39 is 12.4 Å². The third-order valence-electron chi connectivity index (χ3n) is 1.71. The average Bonchev–Trinajstić information content (AvgIpc) is 1.85. The van der Waals surface area contributed by atoms with Crippen LogP contribution in [0.4, 0.5) is 0 Å². The molecule has 1 heterocycles. The molecular weight excluding hydrogens is 148 g/mol. The van der Waals surface area contributed by atoms with E-state index in [1.54, 1.807) is 7.11 Å². The average molecular weight is 162 g/mol. The van der Waals surface area contributed by atoms with Gasteiger partial charge in [-0.1, -0.05) is 0 Å². The summed E-state index contributed by atoms with van der Waals surface area (Å²) in [5.74, 6) is 0. The Morgan fingerprint density at radius 1 is 1.45 bits per heavy atom. The molecule has 0 aromatic carbocycles. The number of methoxy groups -OCH3 is 1. The van der Waals surface area contributed by atoms with Crippen molar-refractivity contribution in [3.63, 3.8) is 0 Å². The smallest absolute Gasteiger partial charge is 0.157 e. The minimum absolute atomic E-state index is 0.168. The Morgan fingerprint density at radius 2 is 2.18 bits per heavy atom. The summed E-state index contributed by atoms with van der Waals surface area (Å²) in [5, 5.41) is 18.2. The van der Waals surface area contributed by atoms with Crippen LogP contribution in [0.1, 0.15) is 12.8 Å². The van der Waals surface area contributed by atoms with E-state index >= 15 is 0 Å². The van der Waals surface area contributed by atoms with Crippen molar-refractivity contribution < 1.29 is 19.7 Å². The second-order valence-corrected chi connectivity index (χ2v) is 2.79. The summed E-state index contributed by atoms with van der Waals surface area (Å²) in [4.78, 5) is 0. The fraction of sp³-hybridized carbons (Fsp3) is 1.00. The quantitative estimate of drug-likeness (QED) is 0.574. The summed E-state index contributed by atoms with van der Waals surface area (Å²) in [7, 11) is 1.57.